The number of benzene rings is 1. The van der Waals surface area contributed by atoms with Gasteiger partial charge in [-0.05, 0) is 29.8 Å². The minimum Gasteiger partial charge on any atom is -0.478 e. The van der Waals surface area contributed by atoms with Gasteiger partial charge in [-0.3, -0.25) is 4.79 Å². The number of aromatic nitrogens is 1. The first kappa shape index (κ1) is 14.5. The number of carbonyl (C=O) groups is 2. The van der Waals surface area contributed by atoms with Crippen LogP contribution >= 0.6 is 0 Å². The fraction of sp³-hybridized carbons (Fsp3) is 0.133. The van der Waals surface area contributed by atoms with Crippen molar-refractivity contribution in [1.82, 2.24) is 9.99 Å². The van der Waals surface area contributed by atoms with E-state index in [-0.39, 0.29) is 17.9 Å². The van der Waals surface area contributed by atoms with Gasteiger partial charge >= 0.3 is 5.97 Å². The molecule has 6 nitrogen and oxygen atoms in total. The molecule has 1 amide bonds. The first-order valence-electron chi connectivity index (χ1n) is 6.32. The van der Waals surface area contributed by atoms with Gasteiger partial charge in [-0.15, -0.1) is 0 Å². The number of nitrogens with zero attached hydrogens (tertiary/aromatic N) is 2. The van der Waals surface area contributed by atoms with Gasteiger partial charge in [0.15, 0.2) is 0 Å². The van der Waals surface area contributed by atoms with E-state index in [1.807, 2.05) is 29.9 Å². The number of hydrogen-bond donors (Lipinski definition) is 2. The molecule has 0 saturated heterocycles. The highest BCUT2D eigenvalue weighted by molar-refractivity contribution is 5.89. The lowest BCUT2D eigenvalue weighted by molar-refractivity contribution is -0.120. The van der Waals surface area contributed by atoms with E-state index >= 15 is 0 Å². The van der Waals surface area contributed by atoms with Gasteiger partial charge in [0.2, 0.25) is 5.91 Å². The normalized spacial score (nSPS) is 10.7. The number of carboxylic acids is 1. The Hall–Kier alpha value is -2.89. The summed E-state index contributed by atoms with van der Waals surface area (Å²) >= 11 is 0. The molecule has 0 radical (unpaired) electrons. The van der Waals surface area contributed by atoms with Crippen LogP contribution in [0.4, 0.5) is 0 Å². The van der Waals surface area contributed by atoms with Crippen LogP contribution in [-0.4, -0.2) is 27.8 Å². The number of amides is 1. The van der Waals surface area contributed by atoms with E-state index in [9.17, 15) is 9.59 Å². The number of hydrogen-bond acceptors (Lipinski definition) is 3. The average molecular weight is 285 g/mol. The standard InChI is InChI=1S/C15H15N3O3/c1-18-8-2-3-13(18)9-14(19)17-16-10-11-4-6-12(7-5-11)15(20)21/h2-8,10H,9H2,1H3,(H,17,19)(H,20,21)/b16-10+. The van der Waals surface area contributed by atoms with Crippen molar-refractivity contribution in [2.45, 2.75) is 6.42 Å². The predicted octanol–water partition coefficient (Wildman–Crippen LogP) is 1.42. The lowest BCUT2D eigenvalue weighted by Crippen LogP contribution is -2.20. The Kier molecular flexibility index (Phi) is 4.50. The third kappa shape index (κ3) is 4.04. The van der Waals surface area contributed by atoms with Crippen LogP contribution in [0.25, 0.3) is 0 Å². The van der Waals surface area contributed by atoms with E-state index in [0.717, 1.165) is 5.69 Å². The summed E-state index contributed by atoms with van der Waals surface area (Å²) in [4.78, 5) is 22.4. The number of aryl methyl sites for hydroxylation is 1. The molecule has 0 aliphatic rings. The molecular weight excluding hydrogens is 270 g/mol. The Morgan fingerprint density at radius 2 is 2.00 bits per heavy atom. The molecule has 6 heteroatoms. The Balaban J connectivity index is 1.88. The number of hydrazone groups is 1. The van der Waals surface area contributed by atoms with E-state index in [1.165, 1.54) is 18.3 Å². The predicted molar refractivity (Wildman–Crippen MR) is 78.3 cm³/mol. The van der Waals surface area contributed by atoms with Gasteiger partial charge < -0.3 is 9.67 Å². The maximum absolute atomic E-state index is 11.7. The van der Waals surface area contributed by atoms with Gasteiger partial charge in [-0.1, -0.05) is 12.1 Å². The number of aromatic carboxylic acids is 1. The summed E-state index contributed by atoms with van der Waals surface area (Å²) in [6.45, 7) is 0. The van der Waals surface area contributed by atoms with Gasteiger partial charge in [0.25, 0.3) is 0 Å². The smallest absolute Gasteiger partial charge is 0.335 e. The summed E-state index contributed by atoms with van der Waals surface area (Å²) in [5.74, 6) is -1.19. The highest BCUT2D eigenvalue weighted by atomic mass is 16.4. The monoisotopic (exact) mass is 285 g/mol. The average Bonchev–Trinajstić information content (AvgIpc) is 2.85. The summed E-state index contributed by atoms with van der Waals surface area (Å²) in [6, 6.07) is 9.95. The molecule has 1 heterocycles. The fourth-order valence-corrected chi connectivity index (χ4v) is 1.77. The van der Waals surface area contributed by atoms with Crippen LogP contribution in [0.2, 0.25) is 0 Å². The first-order valence-corrected chi connectivity index (χ1v) is 6.32. The summed E-state index contributed by atoms with van der Waals surface area (Å²) in [6.07, 6.45) is 3.59. The second-order valence-corrected chi connectivity index (χ2v) is 4.51. The number of carboxylic acid groups (broad SMARTS) is 1. The van der Waals surface area contributed by atoms with E-state index in [2.05, 4.69) is 10.5 Å². The molecule has 1 aromatic carbocycles. The van der Waals surface area contributed by atoms with Crippen LogP contribution in [0.3, 0.4) is 0 Å². The van der Waals surface area contributed by atoms with E-state index in [4.69, 9.17) is 5.11 Å². The highest BCUT2D eigenvalue weighted by Crippen LogP contribution is 2.02. The van der Waals surface area contributed by atoms with Crippen LogP contribution in [0, 0.1) is 0 Å². The molecule has 0 atom stereocenters. The molecular formula is C15H15N3O3. The molecule has 0 unspecified atom stereocenters. The Morgan fingerprint density at radius 1 is 1.29 bits per heavy atom. The summed E-state index contributed by atoms with van der Waals surface area (Å²) < 4.78 is 1.87. The second-order valence-electron chi connectivity index (χ2n) is 4.51. The van der Waals surface area contributed by atoms with Crippen molar-refractivity contribution in [3.8, 4) is 0 Å². The maximum atomic E-state index is 11.7. The minimum atomic E-state index is -0.977. The molecule has 0 aliphatic heterocycles. The zero-order valence-corrected chi connectivity index (χ0v) is 11.5. The summed E-state index contributed by atoms with van der Waals surface area (Å²) in [5, 5.41) is 12.6. The zero-order valence-electron chi connectivity index (χ0n) is 11.5. The molecule has 21 heavy (non-hydrogen) atoms. The van der Waals surface area contributed by atoms with Gasteiger partial charge in [0.05, 0.1) is 18.2 Å². The molecule has 0 bridgehead atoms. The lowest BCUT2D eigenvalue weighted by Gasteiger charge is -2.02. The van der Waals surface area contributed by atoms with Crippen molar-refractivity contribution in [2.24, 2.45) is 12.1 Å². The topological polar surface area (TPSA) is 83.7 Å². The molecule has 0 fully saturated rings. The summed E-state index contributed by atoms with van der Waals surface area (Å²) in [7, 11) is 1.87. The first-order chi connectivity index (χ1) is 10.1. The van der Waals surface area contributed by atoms with Crippen molar-refractivity contribution in [3.05, 3.63) is 59.4 Å². The van der Waals surface area contributed by atoms with Crippen LogP contribution < -0.4 is 5.43 Å². The zero-order chi connectivity index (χ0) is 15.2. The molecule has 0 spiro atoms. The quantitative estimate of drug-likeness (QED) is 0.643. The fourth-order valence-electron chi connectivity index (χ4n) is 1.77. The van der Waals surface area contributed by atoms with Crippen molar-refractivity contribution < 1.29 is 14.7 Å². The molecule has 1 aromatic heterocycles. The van der Waals surface area contributed by atoms with E-state index in [0.29, 0.717) is 5.56 Å². The highest BCUT2D eigenvalue weighted by Gasteiger charge is 2.04. The molecule has 108 valence electrons. The van der Waals surface area contributed by atoms with Gasteiger partial charge in [-0.2, -0.15) is 5.10 Å². The SMILES string of the molecule is Cn1cccc1CC(=O)N/N=C/c1ccc(C(=O)O)cc1. The Labute approximate surface area is 121 Å². The van der Waals surface area contributed by atoms with Crippen LogP contribution in [0.15, 0.2) is 47.7 Å². The van der Waals surface area contributed by atoms with Crippen molar-refractivity contribution >= 4 is 18.1 Å². The maximum Gasteiger partial charge on any atom is 0.335 e. The Morgan fingerprint density at radius 3 is 2.57 bits per heavy atom. The minimum absolute atomic E-state index is 0.208. The largest absolute Gasteiger partial charge is 0.478 e. The molecule has 2 N–H and O–H groups in total. The van der Waals surface area contributed by atoms with Gasteiger partial charge in [0, 0.05) is 18.9 Å². The van der Waals surface area contributed by atoms with Crippen molar-refractivity contribution in [1.29, 1.82) is 0 Å². The molecule has 0 aliphatic carbocycles. The number of nitrogens with one attached hydrogen (secondary N) is 1. The van der Waals surface area contributed by atoms with Crippen LogP contribution in [0.1, 0.15) is 21.6 Å². The summed E-state index contributed by atoms with van der Waals surface area (Å²) in [5.41, 5.74) is 4.25. The molecule has 2 rings (SSSR count). The van der Waals surface area contributed by atoms with Crippen LogP contribution in [-0.2, 0) is 18.3 Å². The number of rotatable bonds is 5. The third-order valence-electron chi connectivity index (χ3n) is 2.95. The van der Waals surface area contributed by atoms with Crippen LogP contribution in [0.5, 0.6) is 0 Å². The third-order valence-corrected chi connectivity index (χ3v) is 2.95. The Bertz CT molecular complexity index is 672. The second kappa shape index (κ2) is 6.51. The number of carbonyl (C=O) groups excluding carboxylic acids is 1. The van der Waals surface area contributed by atoms with Crippen molar-refractivity contribution in [3.63, 3.8) is 0 Å². The molecule has 0 saturated carbocycles. The van der Waals surface area contributed by atoms with E-state index in [1.54, 1.807) is 12.1 Å². The van der Waals surface area contributed by atoms with Gasteiger partial charge in [-0.25, -0.2) is 10.2 Å². The lowest BCUT2D eigenvalue weighted by atomic mass is 10.1. The van der Waals surface area contributed by atoms with Gasteiger partial charge in [0.1, 0.15) is 0 Å². The van der Waals surface area contributed by atoms with Crippen molar-refractivity contribution in [2.75, 3.05) is 0 Å². The molecule has 2 aromatic rings. The van der Waals surface area contributed by atoms with E-state index < -0.39 is 5.97 Å².